The molecular weight excluding hydrogens is 452 g/mol. The van der Waals surface area contributed by atoms with Crippen molar-refractivity contribution >= 4 is 33.6 Å². The summed E-state index contributed by atoms with van der Waals surface area (Å²) in [5.41, 5.74) is 1.39. The molecule has 2 aromatic rings. The van der Waals surface area contributed by atoms with Crippen LogP contribution >= 0.6 is 11.6 Å². The lowest BCUT2D eigenvalue weighted by Gasteiger charge is -2.38. The van der Waals surface area contributed by atoms with Gasteiger partial charge in [-0.2, -0.15) is 0 Å². The van der Waals surface area contributed by atoms with E-state index < -0.39 is 10.0 Å². The van der Waals surface area contributed by atoms with Crippen molar-refractivity contribution in [2.45, 2.75) is 23.2 Å². The van der Waals surface area contributed by atoms with Crippen LogP contribution in [0.4, 0.5) is 0 Å². The van der Waals surface area contributed by atoms with E-state index in [0.29, 0.717) is 30.3 Å². The van der Waals surface area contributed by atoms with Crippen LogP contribution in [0, 0.1) is 0 Å². The van der Waals surface area contributed by atoms with Gasteiger partial charge in [0, 0.05) is 36.3 Å². The Balaban J connectivity index is 1.74. The maximum absolute atomic E-state index is 12.6. The maximum Gasteiger partial charge on any atom is 0.244 e. The van der Waals surface area contributed by atoms with Gasteiger partial charge < -0.3 is 14.8 Å². The molecule has 172 valence electrons. The number of hydrogen-bond donors (Lipinski definition) is 2. The van der Waals surface area contributed by atoms with Gasteiger partial charge in [0.25, 0.3) is 0 Å². The first-order valence-electron chi connectivity index (χ1n) is 10.2. The van der Waals surface area contributed by atoms with E-state index in [1.165, 1.54) is 26.3 Å². The number of amides is 1. The van der Waals surface area contributed by atoms with Crippen molar-refractivity contribution in [1.29, 1.82) is 0 Å². The second-order valence-electron chi connectivity index (χ2n) is 7.57. The first-order valence-corrected chi connectivity index (χ1v) is 12.1. The van der Waals surface area contributed by atoms with Crippen molar-refractivity contribution in [2.24, 2.45) is 0 Å². The van der Waals surface area contributed by atoms with Crippen LogP contribution in [0.3, 0.4) is 0 Å². The van der Waals surface area contributed by atoms with Crippen molar-refractivity contribution < 1.29 is 22.7 Å². The number of benzene rings is 2. The summed E-state index contributed by atoms with van der Waals surface area (Å²) >= 11 is 6.20. The second kappa shape index (κ2) is 10.5. The van der Waals surface area contributed by atoms with Crippen LogP contribution in [0.2, 0.25) is 5.02 Å². The van der Waals surface area contributed by atoms with Gasteiger partial charge in [-0.15, -0.1) is 0 Å². The predicted octanol–water partition coefficient (Wildman–Crippen LogP) is 3.13. The molecule has 7 nitrogen and oxygen atoms in total. The third kappa shape index (κ3) is 5.69. The Bertz CT molecular complexity index is 1100. The highest BCUT2D eigenvalue weighted by molar-refractivity contribution is 7.89. The van der Waals surface area contributed by atoms with Gasteiger partial charge >= 0.3 is 0 Å². The van der Waals surface area contributed by atoms with E-state index in [-0.39, 0.29) is 22.0 Å². The molecular formula is C23H27ClN2O5S. The summed E-state index contributed by atoms with van der Waals surface area (Å²) < 4.78 is 37.4. The maximum atomic E-state index is 12.6. The zero-order valence-corrected chi connectivity index (χ0v) is 19.6. The zero-order chi connectivity index (χ0) is 23.2. The van der Waals surface area contributed by atoms with Gasteiger partial charge in [-0.25, -0.2) is 13.1 Å². The van der Waals surface area contributed by atoms with Gasteiger partial charge in [-0.1, -0.05) is 29.8 Å². The lowest BCUT2D eigenvalue weighted by molar-refractivity contribution is -0.116. The minimum absolute atomic E-state index is 0.00664. The van der Waals surface area contributed by atoms with E-state index in [9.17, 15) is 13.2 Å². The number of rotatable bonds is 8. The number of methoxy groups -OCH3 is 1. The first-order chi connectivity index (χ1) is 15.3. The number of nitrogens with one attached hydrogen (secondary N) is 2. The van der Waals surface area contributed by atoms with E-state index in [1.807, 2.05) is 24.3 Å². The molecule has 1 saturated heterocycles. The highest BCUT2D eigenvalue weighted by Gasteiger charge is 2.34. The lowest BCUT2D eigenvalue weighted by Crippen LogP contribution is -2.44. The number of hydrogen-bond acceptors (Lipinski definition) is 5. The van der Waals surface area contributed by atoms with Crippen molar-refractivity contribution in [3.63, 3.8) is 0 Å². The Hall–Kier alpha value is -2.39. The minimum atomic E-state index is -3.70. The SMILES string of the molecule is CNS(=O)(=O)c1cc(C=CC(=O)NCC2(c3cccc(Cl)c3)CCOCC2)ccc1OC. The van der Waals surface area contributed by atoms with Gasteiger partial charge in [-0.05, 0) is 61.4 Å². The molecule has 1 fully saturated rings. The van der Waals surface area contributed by atoms with Gasteiger partial charge in [0.05, 0.1) is 7.11 Å². The molecule has 0 aromatic heterocycles. The fourth-order valence-corrected chi connectivity index (χ4v) is 4.87. The quantitative estimate of drug-likeness (QED) is 0.568. The molecule has 3 rings (SSSR count). The molecule has 2 aromatic carbocycles. The molecule has 0 bridgehead atoms. The van der Waals surface area contributed by atoms with Crippen LogP contribution in [0.1, 0.15) is 24.0 Å². The van der Waals surface area contributed by atoms with E-state index >= 15 is 0 Å². The lowest BCUT2D eigenvalue weighted by atomic mass is 9.74. The molecule has 9 heteroatoms. The summed E-state index contributed by atoms with van der Waals surface area (Å²) in [5.74, 6) is -0.0457. The Morgan fingerprint density at radius 1 is 1.22 bits per heavy atom. The topological polar surface area (TPSA) is 93.7 Å². The Kier molecular flexibility index (Phi) is 7.95. The van der Waals surface area contributed by atoms with Crippen LogP contribution in [0.5, 0.6) is 5.75 Å². The van der Waals surface area contributed by atoms with E-state index in [2.05, 4.69) is 10.0 Å². The van der Waals surface area contributed by atoms with Crippen molar-refractivity contribution in [3.8, 4) is 5.75 Å². The molecule has 1 heterocycles. The van der Waals surface area contributed by atoms with E-state index in [1.54, 1.807) is 18.2 Å². The molecule has 0 saturated carbocycles. The van der Waals surface area contributed by atoms with Crippen LogP contribution < -0.4 is 14.8 Å². The summed E-state index contributed by atoms with van der Waals surface area (Å²) in [6.45, 7) is 1.68. The van der Waals surface area contributed by atoms with Gasteiger partial charge in [0.15, 0.2) is 0 Å². The number of carbonyl (C=O) groups is 1. The third-order valence-corrected chi connectivity index (χ3v) is 7.33. The number of halogens is 1. The predicted molar refractivity (Wildman–Crippen MR) is 124 cm³/mol. The Morgan fingerprint density at radius 3 is 2.62 bits per heavy atom. The fourth-order valence-electron chi connectivity index (χ4n) is 3.75. The average Bonchev–Trinajstić information content (AvgIpc) is 2.81. The molecule has 0 spiro atoms. The minimum Gasteiger partial charge on any atom is -0.495 e. The number of ether oxygens (including phenoxy) is 2. The van der Waals surface area contributed by atoms with Crippen LogP contribution in [0.15, 0.2) is 53.4 Å². The van der Waals surface area contributed by atoms with Crippen LogP contribution in [-0.2, 0) is 25.0 Å². The molecule has 1 aliphatic rings. The van der Waals surface area contributed by atoms with Crippen molar-refractivity contribution in [3.05, 3.63) is 64.7 Å². The smallest absolute Gasteiger partial charge is 0.244 e. The fraction of sp³-hybridized carbons (Fsp3) is 0.348. The van der Waals surface area contributed by atoms with Gasteiger partial charge in [-0.3, -0.25) is 4.79 Å². The van der Waals surface area contributed by atoms with Crippen LogP contribution in [0.25, 0.3) is 6.08 Å². The first kappa shape index (κ1) is 24.3. The van der Waals surface area contributed by atoms with Crippen LogP contribution in [-0.4, -0.2) is 48.2 Å². The third-order valence-electron chi connectivity index (χ3n) is 5.66. The standard InChI is InChI=1S/C23H27ClN2O5S/c1-25-32(28,29)21-14-17(6-8-20(21)30-2)7-9-22(27)26-16-23(10-12-31-13-11-23)18-4-3-5-19(24)15-18/h3-9,14-15,25H,10-13,16H2,1-2H3,(H,26,27). The van der Waals surface area contributed by atoms with Gasteiger partial charge in [0.1, 0.15) is 10.6 Å². The monoisotopic (exact) mass is 478 g/mol. The van der Waals surface area contributed by atoms with Crippen molar-refractivity contribution in [2.75, 3.05) is 33.9 Å². The zero-order valence-electron chi connectivity index (χ0n) is 18.1. The molecule has 0 atom stereocenters. The van der Waals surface area contributed by atoms with E-state index in [0.717, 1.165) is 18.4 Å². The highest BCUT2D eigenvalue weighted by atomic mass is 35.5. The summed E-state index contributed by atoms with van der Waals surface area (Å²) in [5, 5.41) is 3.64. The van der Waals surface area contributed by atoms with E-state index in [4.69, 9.17) is 21.1 Å². The summed E-state index contributed by atoms with van der Waals surface area (Å²) in [6, 6.07) is 12.4. The molecule has 2 N–H and O–H groups in total. The summed E-state index contributed by atoms with van der Waals surface area (Å²) in [7, 11) is -0.969. The Labute approximate surface area is 193 Å². The largest absolute Gasteiger partial charge is 0.495 e. The highest BCUT2D eigenvalue weighted by Crippen LogP contribution is 2.35. The molecule has 0 radical (unpaired) electrons. The summed E-state index contributed by atoms with van der Waals surface area (Å²) in [4.78, 5) is 12.6. The molecule has 0 aliphatic carbocycles. The second-order valence-corrected chi connectivity index (χ2v) is 9.86. The number of sulfonamides is 1. The molecule has 1 aliphatic heterocycles. The molecule has 1 amide bonds. The molecule has 0 unspecified atom stereocenters. The summed E-state index contributed by atoms with van der Waals surface area (Å²) in [6.07, 6.45) is 4.52. The molecule has 32 heavy (non-hydrogen) atoms. The normalized spacial score (nSPS) is 16.1. The Morgan fingerprint density at radius 2 is 1.97 bits per heavy atom. The van der Waals surface area contributed by atoms with Gasteiger partial charge in [0.2, 0.25) is 15.9 Å². The number of carbonyl (C=O) groups excluding carboxylic acids is 1. The van der Waals surface area contributed by atoms with Crippen molar-refractivity contribution in [1.82, 2.24) is 10.0 Å². The average molecular weight is 479 g/mol.